The van der Waals surface area contributed by atoms with E-state index < -0.39 is 10.0 Å². The Kier molecular flexibility index (Phi) is 6.49. The fourth-order valence-electron chi connectivity index (χ4n) is 2.27. The number of methoxy groups -OCH3 is 1. The Balaban J connectivity index is 0.00000220. The standard InChI is InChI=1S/C13H19BrN2O3S.ClH/c1-9-8-16(10(2)7-15-9)20(17,18)11-4-5-13(19-3)12(14)6-11;/h4-6,9-10,15H,7-8H2,1-3H3;1H. The van der Waals surface area contributed by atoms with Crippen molar-refractivity contribution in [3.8, 4) is 5.75 Å². The van der Waals surface area contributed by atoms with Crippen molar-refractivity contribution in [2.24, 2.45) is 0 Å². The minimum atomic E-state index is -3.48. The van der Waals surface area contributed by atoms with Crippen LogP contribution >= 0.6 is 28.3 Å². The van der Waals surface area contributed by atoms with Gasteiger partial charge in [-0.15, -0.1) is 12.4 Å². The largest absolute Gasteiger partial charge is 0.496 e. The molecule has 0 radical (unpaired) electrons. The normalized spacial score (nSPS) is 23.4. The van der Waals surface area contributed by atoms with Crippen LogP contribution in [0.4, 0.5) is 0 Å². The van der Waals surface area contributed by atoms with E-state index in [4.69, 9.17) is 4.74 Å². The van der Waals surface area contributed by atoms with Gasteiger partial charge in [-0.05, 0) is 48.0 Å². The predicted octanol–water partition coefficient (Wildman–Crippen LogP) is 2.25. The van der Waals surface area contributed by atoms with Crippen LogP contribution in [-0.2, 0) is 10.0 Å². The van der Waals surface area contributed by atoms with E-state index in [0.29, 0.717) is 23.3 Å². The number of halogens is 2. The monoisotopic (exact) mass is 398 g/mol. The molecule has 2 atom stereocenters. The number of nitrogens with one attached hydrogen (secondary N) is 1. The predicted molar refractivity (Wildman–Crippen MR) is 88.8 cm³/mol. The van der Waals surface area contributed by atoms with Crippen LogP contribution < -0.4 is 10.1 Å². The zero-order valence-corrected chi connectivity index (χ0v) is 15.4. The van der Waals surface area contributed by atoms with Crippen molar-refractivity contribution < 1.29 is 13.2 Å². The highest BCUT2D eigenvalue weighted by Crippen LogP contribution is 2.29. The molecule has 1 saturated heterocycles. The second-order valence-corrected chi connectivity index (χ2v) is 7.77. The molecule has 2 unspecified atom stereocenters. The number of rotatable bonds is 3. The first-order chi connectivity index (χ1) is 9.36. The molecule has 1 aromatic carbocycles. The molecule has 0 spiro atoms. The highest BCUT2D eigenvalue weighted by Gasteiger charge is 2.33. The zero-order valence-electron chi connectivity index (χ0n) is 12.2. The van der Waals surface area contributed by atoms with E-state index in [2.05, 4.69) is 21.2 Å². The van der Waals surface area contributed by atoms with E-state index in [1.807, 2.05) is 13.8 Å². The fourth-order valence-corrected chi connectivity index (χ4v) is 4.70. The first kappa shape index (κ1) is 18.7. The Morgan fingerprint density at radius 2 is 2.05 bits per heavy atom. The molecular formula is C13H20BrClN2O3S. The van der Waals surface area contributed by atoms with Crippen LogP contribution in [0.5, 0.6) is 5.75 Å². The highest BCUT2D eigenvalue weighted by molar-refractivity contribution is 9.10. The number of piperazine rings is 1. The van der Waals surface area contributed by atoms with E-state index in [9.17, 15) is 8.42 Å². The van der Waals surface area contributed by atoms with Crippen molar-refractivity contribution in [3.63, 3.8) is 0 Å². The van der Waals surface area contributed by atoms with Gasteiger partial charge in [0.2, 0.25) is 10.0 Å². The molecule has 1 aliphatic rings. The SMILES string of the molecule is COc1ccc(S(=O)(=O)N2CC(C)NCC2C)cc1Br.Cl. The average Bonchev–Trinajstić information content (AvgIpc) is 2.41. The molecule has 0 amide bonds. The molecule has 0 aromatic heterocycles. The lowest BCUT2D eigenvalue weighted by Gasteiger charge is -2.36. The second-order valence-electron chi connectivity index (χ2n) is 5.03. The quantitative estimate of drug-likeness (QED) is 0.847. The number of hydrogen-bond donors (Lipinski definition) is 1. The Morgan fingerprint density at radius 1 is 1.38 bits per heavy atom. The first-order valence-corrected chi connectivity index (χ1v) is 8.68. The molecule has 5 nitrogen and oxygen atoms in total. The van der Waals surface area contributed by atoms with Crippen molar-refractivity contribution in [1.82, 2.24) is 9.62 Å². The molecule has 8 heteroatoms. The third-order valence-corrected chi connectivity index (χ3v) is 6.03. The summed E-state index contributed by atoms with van der Waals surface area (Å²) in [5.74, 6) is 0.616. The van der Waals surface area contributed by atoms with Gasteiger partial charge in [-0.2, -0.15) is 4.31 Å². The lowest BCUT2D eigenvalue weighted by atomic mass is 10.2. The van der Waals surface area contributed by atoms with Gasteiger partial charge in [0.1, 0.15) is 5.75 Å². The molecule has 0 aliphatic carbocycles. The molecule has 1 fully saturated rings. The number of benzene rings is 1. The molecule has 0 bridgehead atoms. The maximum atomic E-state index is 12.7. The van der Waals surface area contributed by atoms with E-state index >= 15 is 0 Å². The second kappa shape index (κ2) is 7.28. The van der Waals surface area contributed by atoms with Gasteiger partial charge in [0.25, 0.3) is 0 Å². The summed E-state index contributed by atoms with van der Waals surface area (Å²) >= 11 is 3.33. The van der Waals surface area contributed by atoms with E-state index in [-0.39, 0.29) is 29.4 Å². The first-order valence-electron chi connectivity index (χ1n) is 6.45. The Hall–Kier alpha value is -0.340. The van der Waals surface area contributed by atoms with Crippen LogP contribution in [-0.4, -0.2) is 45.0 Å². The lowest BCUT2D eigenvalue weighted by molar-refractivity contribution is 0.244. The lowest BCUT2D eigenvalue weighted by Crippen LogP contribution is -2.56. The van der Waals surface area contributed by atoms with E-state index in [0.717, 1.165) is 0 Å². The summed E-state index contributed by atoms with van der Waals surface area (Å²) in [6.07, 6.45) is 0. The van der Waals surface area contributed by atoms with Crippen molar-refractivity contribution in [2.75, 3.05) is 20.2 Å². The number of nitrogens with zero attached hydrogens (tertiary/aromatic N) is 1. The molecule has 1 N–H and O–H groups in total. The summed E-state index contributed by atoms with van der Waals surface area (Å²) in [7, 11) is -1.93. The van der Waals surface area contributed by atoms with Crippen LogP contribution in [0.25, 0.3) is 0 Å². The number of sulfonamides is 1. The van der Waals surface area contributed by atoms with Crippen LogP contribution in [0.3, 0.4) is 0 Å². The molecule has 1 heterocycles. The number of hydrogen-bond acceptors (Lipinski definition) is 4. The van der Waals surface area contributed by atoms with Gasteiger partial charge in [0.15, 0.2) is 0 Å². The molecule has 21 heavy (non-hydrogen) atoms. The van der Waals surface area contributed by atoms with Crippen LogP contribution in [0.2, 0.25) is 0 Å². The minimum Gasteiger partial charge on any atom is -0.496 e. The van der Waals surface area contributed by atoms with E-state index in [1.54, 1.807) is 29.6 Å². The molecule has 120 valence electrons. The van der Waals surface area contributed by atoms with Crippen molar-refractivity contribution in [1.29, 1.82) is 0 Å². The topological polar surface area (TPSA) is 58.6 Å². The van der Waals surface area contributed by atoms with Crippen molar-refractivity contribution in [2.45, 2.75) is 30.8 Å². The Morgan fingerprint density at radius 3 is 2.62 bits per heavy atom. The molecule has 1 aliphatic heterocycles. The third kappa shape index (κ3) is 3.90. The van der Waals surface area contributed by atoms with Gasteiger partial charge >= 0.3 is 0 Å². The van der Waals surface area contributed by atoms with E-state index in [1.165, 1.54) is 0 Å². The zero-order chi connectivity index (χ0) is 14.9. The number of ether oxygens (including phenoxy) is 1. The smallest absolute Gasteiger partial charge is 0.243 e. The van der Waals surface area contributed by atoms with Gasteiger partial charge < -0.3 is 10.1 Å². The maximum absolute atomic E-state index is 12.7. The van der Waals surface area contributed by atoms with Gasteiger partial charge in [0, 0.05) is 25.2 Å². The fraction of sp³-hybridized carbons (Fsp3) is 0.538. The molecular weight excluding hydrogens is 380 g/mol. The van der Waals surface area contributed by atoms with Gasteiger partial charge in [-0.3, -0.25) is 0 Å². The molecule has 1 aromatic rings. The summed E-state index contributed by atoms with van der Waals surface area (Å²) < 4.78 is 32.8. The van der Waals surface area contributed by atoms with Crippen LogP contribution in [0.15, 0.2) is 27.6 Å². The summed E-state index contributed by atoms with van der Waals surface area (Å²) in [5.41, 5.74) is 0. The van der Waals surface area contributed by atoms with Crippen molar-refractivity contribution in [3.05, 3.63) is 22.7 Å². The Labute approximate surface area is 140 Å². The maximum Gasteiger partial charge on any atom is 0.243 e. The molecule has 2 rings (SSSR count). The summed E-state index contributed by atoms with van der Waals surface area (Å²) in [4.78, 5) is 0.283. The average molecular weight is 400 g/mol. The summed E-state index contributed by atoms with van der Waals surface area (Å²) in [6.45, 7) is 5.04. The summed E-state index contributed by atoms with van der Waals surface area (Å²) in [6, 6.07) is 4.93. The van der Waals surface area contributed by atoms with Crippen molar-refractivity contribution >= 4 is 38.4 Å². The summed E-state index contributed by atoms with van der Waals surface area (Å²) in [5, 5.41) is 3.28. The van der Waals surface area contributed by atoms with Crippen LogP contribution in [0, 0.1) is 0 Å². The van der Waals surface area contributed by atoms with Gasteiger partial charge in [-0.1, -0.05) is 0 Å². The minimum absolute atomic E-state index is 0. The highest BCUT2D eigenvalue weighted by atomic mass is 79.9. The van der Waals surface area contributed by atoms with Gasteiger partial charge in [-0.25, -0.2) is 8.42 Å². The third-order valence-electron chi connectivity index (χ3n) is 3.44. The molecule has 0 saturated carbocycles. The van der Waals surface area contributed by atoms with Gasteiger partial charge in [0.05, 0.1) is 16.5 Å². The Bertz CT molecular complexity index is 597. The van der Waals surface area contributed by atoms with Crippen LogP contribution in [0.1, 0.15) is 13.8 Å².